The Morgan fingerprint density at radius 3 is 2.40 bits per heavy atom. The predicted octanol–water partition coefficient (Wildman–Crippen LogP) is 1.98. The largest absolute Gasteiger partial charge is 0.497 e. The van der Waals surface area contributed by atoms with Gasteiger partial charge in [0.15, 0.2) is 5.78 Å². The fourth-order valence-electron chi connectivity index (χ4n) is 5.20. The number of benzene rings is 2. The first-order valence-corrected chi connectivity index (χ1v) is 13.9. The maximum atomic E-state index is 13.8. The van der Waals surface area contributed by atoms with Crippen LogP contribution in [0.5, 0.6) is 5.75 Å². The maximum absolute atomic E-state index is 13.8. The van der Waals surface area contributed by atoms with E-state index in [0.29, 0.717) is 45.0 Å². The molecule has 2 aliphatic rings. The van der Waals surface area contributed by atoms with E-state index in [4.69, 9.17) is 14.2 Å². The van der Waals surface area contributed by atoms with Gasteiger partial charge in [0.2, 0.25) is 5.91 Å². The fourth-order valence-corrected chi connectivity index (χ4v) is 5.20. The van der Waals surface area contributed by atoms with E-state index in [0.717, 1.165) is 11.1 Å². The van der Waals surface area contributed by atoms with Crippen molar-refractivity contribution in [3.8, 4) is 5.75 Å². The van der Waals surface area contributed by atoms with Gasteiger partial charge in [-0.1, -0.05) is 42.5 Å². The van der Waals surface area contributed by atoms with Crippen molar-refractivity contribution in [2.75, 3.05) is 40.1 Å². The smallest absolute Gasteiger partial charge is 0.224 e. The second-order valence-electron chi connectivity index (χ2n) is 10.9. The van der Waals surface area contributed by atoms with Crippen molar-refractivity contribution in [1.82, 2.24) is 10.2 Å². The molecule has 4 rings (SSSR count). The molecule has 2 saturated heterocycles. The third kappa shape index (κ3) is 7.54. The lowest BCUT2D eigenvalue weighted by Crippen LogP contribution is -2.54. The van der Waals surface area contributed by atoms with Crippen molar-refractivity contribution in [3.05, 3.63) is 65.7 Å². The molecule has 216 valence electrons. The van der Waals surface area contributed by atoms with E-state index >= 15 is 0 Å². The highest BCUT2D eigenvalue weighted by atomic mass is 16.6. The summed E-state index contributed by atoms with van der Waals surface area (Å²) in [6, 6.07) is 15.4. The Bertz CT molecular complexity index is 1150. The van der Waals surface area contributed by atoms with E-state index in [1.54, 1.807) is 14.0 Å². The van der Waals surface area contributed by atoms with Gasteiger partial charge in [0.25, 0.3) is 0 Å². The highest BCUT2D eigenvalue weighted by Crippen LogP contribution is 2.29. The van der Waals surface area contributed by atoms with Gasteiger partial charge < -0.3 is 24.6 Å². The number of rotatable bonds is 14. The minimum Gasteiger partial charge on any atom is -0.497 e. The summed E-state index contributed by atoms with van der Waals surface area (Å²) >= 11 is 0. The number of carbonyl (C=O) groups excluding carboxylic acids is 3. The number of ether oxygens (including phenoxy) is 3. The van der Waals surface area contributed by atoms with Crippen molar-refractivity contribution >= 4 is 17.5 Å². The van der Waals surface area contributed by atoms with Gasteiger partial charge in [0, 0.05) is 18.9 Å². The molecule has 2 heterocycles. The number of amides is 1. The lowest BCUT2D eigenvalue weighted by atomic mass is 9.89. The van der Waals surface area contributed by atoms with Crippen LogP contribution in [-0.4, -0.2) is 91.3 Å². The van der Waals surface area contributed by atoms with E-state index < -0.39 is 23.6 Å². The molecule has 40 heavy (non-hydrogen) atoms. The Balaban J connectivity index is 1.54. The number of Topliss-reactive ketones (excluding diaryl/α,β-unsaturated/α-hetero) is 2. The number of nitrogens with one attached hydrogen (secondary N) is 1. The van der Waals surface area contributed by atoms with Gasteiger partial charge in [-0.25, -0.2) is 0 Å². The second kappa shape index (κ2) is 13.5. The van der Waals surface area contributed by atoms with E-state index in [1.165, 1.54) is 0 Å². The number of aliphatic hydroxyl groups excluding tert-OH is 1. The normalized spacial score (nSPS) is 23.1. The van der Waals surface area contributed by atoms with Crippen LogP contribution in [0.3, 0.4) is 0 Å². The summed E-state index contributed by atoms with van der Waals surface area (Å²) in [7, 11) is 1.59. The molecule has 9 nitrogen and oxygen atoms in total. The molecule has 5 atom stereocenters. The summed E-state index contributed by atoms with van der Waals surface area (Å²) in [6.07, 6.45) is 0.644. The Kier molecular flexibility index (Phi) is 10.1. The van der Waals surface area contributed by atoms with Gasteiger partial charge in [0.1, 0.15) is 17.1 Å². The molecule has 9 heteroatoms. The molecule has 0 aliphatic carbocycles. The highest BCUT2D eigenvalue weighted by molar-refractivity contribution is 5.98. The van der Waals surface area contributed by atoms with Gasteiger partial charge >= 0.3 is 0 Å². The molecular weight excluding hydrogens is 512 g/mol. The van der Waals surface area contributed by atoms with Crippen LogP contribution in [0.25, 0.3) is 0 Å². The summed E-state index contributed by atoms with van der Waals surface area (Å²) in [5, 5.41) is 12.8. The third-order valence-electron chi connectivity index (χ3n) is 7.92. The molecule has 0 unspecified atom stereocenters. The molecule has 2 N–H and O–H groups in total. The van der Waals surface area contributed by atoms with Crippen molar-refractivity contribution in [2.24, 2.45) is 5.92 Å². The lowest BCUT2D eigenvalue weighted by molar-refractivity contribution is -0.136. The molecule has 0 saturated carbocycles. The standard InChI is InChI=1S/C31H40N2O7/c1-21(33-13-14-39-19-25(33)18-34)28(35)17-24(15-23-9-11-26(38-3)12-10-23)30(37)32-27(29(36)31(2)20-40-31)16-22-7-5-4-6-8-22/h4-12,21,24-25,27,34H,13-20H2,1-3H3,(H,32,37)/t21-,24+,25+,27-,31+/m0/s1. The average molecular weight is 553 g/mol. The van der Waals surface area contributed by atoms with Crippen LogP contribution in [0.2, 0.25) is 0 Å². The third-order valence-corrected chi connectivity index (χ3v) is 7.92. The van der Waals surface area contributed by atoms with Crippen LogP contribution in [0.1, 0.15) is 31.4 Å². The minimum atomic E-state index is -0.905. The molecule has 2 fully saturated rings. The number of morpholine rings is 1. The number of nitrogens with zero attached hydrogens (tertiary/aromatic N) is 1. The number of epoxide rings is 1. The topological polar surface area (TPSA) is 118 Å². The second-order valence-corrected chi connectivity index (χ2v) is 10.9. The Morgan fingerprint density at radius 2 is 1.77 bits per heavy atom. The van der Waals surface area contributed by atoms with Crippen LogP contribution in [0.4, 0.5) is 0 Å². The summed E-state index contributed by atoms with van der Waals surface area (Å²) in [4.78, 5) is 42.7. The van der Waals surface area contributed by atoms with E-state index in [9.17, 15) is 19.5 Å². The first kappa shape index (κ1) is 29.9. The van der Waals surface area contributed by atoms with Crippen molar-refractivity contribution < 1.29 is 33.7 Å². The molecule has 0 radical (unpaired) electrons. The van der Waals surface area contributed by atoms with Gasteiger partial charge in [-0.3, -0.25) is 19.3 Å². The quantitative estimate of drug-likeness (QED) is 0.342. The van der Waals surface area contributed by atoms with Gasteiger partial charge in [-0.15, -0.1) is 0 Å². The number of hydrogen-bond acceptors (Lipinski definition) is 8. The zero-order valence-corrected chi connectivity index (χ0v) is 23.5. The van der Waals surface area contributed by atoms with Crippen molar-refractivity contribution in [1.29, 1.82) is 0 Å². The van der Waals surface area contributed by atoms with Gasteiger partial charge in [0.05, 0.1) is 51.7 Å². The zero-order valence-electron chi connectivity index (χ0n) is 23.5. The molecule has 0 aromatic heterocycles. The van der Waals surface area contributed by atoms with Crippen LogP contribution < -0.4 is 10.1 Å². The summed E-state index contributed by atoms with van der Waals surface area (Å²) < 4.78 is 16.1. The number of hydrogen-bond donors (Lipinski definition) is 2. The SMILES string of the molecule is COc1ccc(C[C@H](CC(=O)[C@H](C)N2CCOC[C@H]2CO)C(=O)N[C@@H](Cc2ccccc2)C(=O)[C@@]2(C)CO2)cc1. The number of carbonyl (C=O) groups is 3. The molecule has 0 bridgehead atoms. The Morgan fingerprint density at radius 1 is 1.10 bits per heavy atom. The Hall–Kier alpha value is -3.11. The van der Waals surface area contributed by atoms with E-state index in [-0.39, 0.29) is 36.5 Å². The minimum absolute atomic E-state index is 0.00541. The molecule has 2 aromatic rings. The average Bonchev–Trinajstić information content (AvgIpc) is 3.74. The maximum Gasteiger partial charge on any atom is 0.224 e. The van der Waals surface area contributed by atoms with Crippen molar-refractivity contribution in [2.45, 2.75) is 56.8 Å². The summed E-state index contributed by atoms with van der Waals surface area (Å²) in [5.74, 6) is -0.626. The van der Waals surface area contributed by atoms with Crippen molar-refractivity contribution in [3.63, 3.8) is 0 Å². The van der Waals surface area contributed by atoms with Crippen LogP contribution >= 0.6 is 0 Å². The number of aliphatic hydroxyl groups is 1. The summed E-state index contributed by atoms with van der Waals surface area (Å²) in [5.41, 5.74) is 0.895. The molecule has 2 aliphatic heterocycles. The van der Waals surface area contributed by atoms with Gasteiger partial charge in [-0.2, -0.15) is 0 Å². The van der Waals surface area contributed by atoms with E-state index in [2.05, 4.69) is 5.32 Å². The number of methoxy groups -OCH3 is 1. The molecule has 1 amide bonds. The van der Waals surface area contributed by atoms with E-state index in [1.807, 2.05) is 66.4 Å². The van der Waals surface area contributed by atoms with Crippen LogP contribution in [0, 0.1) is 5.92 Å². The monoisotopic (exact) mass is 552 g/mol. The zero-order chi connectivity index (χ0) is 28.7. The Labute approximate surface area is 235 Å². The first-order chi connectivity index (χ1) is 19.2. The van der Waals surface area contributed by atoms with Gasteiger partial charge in [-0.05, 0) is 49.9 Å². The first-order valence-electron chi connectivity index (χ1n) is 13.9. The molecular formula is C31H40N2O7. The fraction of sp³-hybridized carbons (Fsp3) is 0.516. The number of ketones is 2. The van der Waals surface area contributed by atoms with Crippen LogP contribution in [-0.2, 0) is 36.7 Å². The molecule has 2 aromatic carbocycles. The summed E-state index contributed by atoms with van der Waals surface area (Å²) in [6.45, 7) is 5.12. The lowest BCUT2D eigenvalue weighted by Gasteiger charge is -2.38. The highest BCUT2D eigenvalue weighted by Gasteiger charge is 2.50. The predicted molar refractivity (Wildman–Crippen MR) is 149 cm³/mol. The molecule has 0 spiro atoms. The van der Waals surface area contributed by atoms with Crippen LogP contribution in [0.15, 0.2) is 54.6 Å².